The first-order valence-electron chi connectivity index (χ1n) is 5.66. The topological polar surface area (TPSA) is 55.1 Å². The molecular weight excluding hydrogens is 216 g/mol. The number of hydrogen-bond donors (Lipinski definition) is 1. The van der Waals surface area contributed by atoms with E-state index in [0.29, 0.717) is 5.69 Å². The van der Waals surface area contributed by atoms with Crippen molar-refractivity contribution in [1.82, 2.24) is 9.78 Å². The molecule has 0 spiro atoms. The third-order valence-electron chi connectivity index (χ3n) is 3.01. The van der Waals surface area contributed by atoms with Crippen LogP contribution in [-0.2, 0) is 11.8 Å². The molecule has 1 aromatic heterocycles. The highest BCUT2D eigenvalue weighted by Gasteiger charge is 2.28. The van der Waals surface area contributed by atoms with E-state index in [4.69, 9.17) is 0 Å². The number of para-hydroxylation sites is 1. The van der Waals surface area contributed by atoms with Gasteiger partial charge in [0.25, 0.3) is 0 Å². The van der Waals surface area contributed by atoms with Gasteiger partial charge in [0.2, 0.25) is 0 Å². The van der Waals surface area contributed by atoms with E-state index in [0.717, 1.165) is 10.9 Å². The molecule has 2 rings (SSSR count). The molecule has 0 radical (unpaired) electrons. The molecule has 0 aliphatic rings. The van der Waals surface area contributed by atoms with Crippen LogP contribution in [0.3, 0.4) is 0 Å². The molecule has 1 aromatic carbocycles. The smallest absolute Gasteiger partial charge is 0.312 e. The average molecular weight is 232 g/mol. The Bertz CT molecular complexity index is 558. The minimum atomic E-state index is -0.816. The van der Waals surface area contributed by atoms with Gasteiger partial charge < -0.3 is 5.11 Å². The van der Waals surface area contributed by atoms with Gasteiger partial charge in [-0.15, -0.1) is 0 Å². The number of nitrogens with zero attached hydrogens (tertiary/aromatic N) is 2. The van der Waals surface area contributed by atoms with Gasteiger partial charge in [-0.25, -0.2) is 0 Å². The van der Waals surface area contributed by atoms with Crippen molar-refractivity contribution in [3.05, 3.63) is 30.0 Å². The molecule has 1 heterocycles. The number of hydrogen-bond acceptors (Lipinski definition) is 2. The van der Waals surface area contributed by atoms with Gasteiger partial charge in [-0.3, -0.25) is 9.48 Å². The molecule has 4 heteroatoms. The van der Waals surface area contributed by atoms with Gasteiger partial charge in [0, 0.05) is 12.4 Å². The molecule has 1 N–H and O–H groups in total. The van der Waals surface area contributed by atoms with Crippen LogP contribution >= 0.6 is 0 Å². The number of aryl methyl sites for hydroxylation is 1. The largest absolute Gasteiger partial charge is 0.481 e. The lowest BCUT2D eigenvalue weighted by Crippen LogP contribution is -2.18. The Labute approximate surface area is 99.9 Å². The summed E-state index contributed by atoms with van der Waals surface area (Å²) in [4.78, 5) is 11.3. The fraction of sp³-hybridized carbons (Fsp3) is 0.385. The summed E-state index contributed by atoms with van der Waals surface area (Å²) in [6.45, 7) is 3.81. The average Bonchev–Trinajstić information content (AvgIpc) is 2.56. The maximum Gasteiger partial charge on any atom is 0.312 e. The fourth-order valence-corrected chi connectivity index (χ4v) is 2.19. The van der Waals surface area contributed by atoms with E-state index in [-0.39, 0.29) is 5.92 Å². The minimum absolute atomic E-state index is 0.0193. The molecule has 1 atom stereocenters. The van der Waals surface area contributed by atoms with E-state index >= 15 is 0 Å². The number of aromatic nitrogens is 2. The monoisotopic (exact) mass is 232 g/mol. The highest BCUT2D eigenvalue weighted by molar-refractivity contribution is 5.88. The summed E-state index contributed by atoms with van der Waals surface area (Å²) in [7, 11) is 1.84. The SMILES string of the molecule is CC(C)C(C(=O)O)c1nn(C)c2ccccc12. The molecule has 0 saturated carbocycles. The summed E-state index contributed by atoms with van der Waals surface area (Å²) in [5.41, 5.74) is 1.63. The molecule has 0 aliphatic heterocycles. The van der Waals surface area contributed by atoms with Crippen molar-refractivity contribution in [2.75, 3.05) is 0 Å². The Hall–Kier alpha value is -1.84. The van der Waals surface area contributed by atoms with Crippen LogP contribution in [0.1, 0.15) is 25.5 Å². The normalized spacial score (nSPS) is 13.2. The molecule has 0 bridgehead atoms. The van der Waals surface area contributed by atoms with E-state index in [9.17, 15) is 9.90 Å². The number of carboxylic acid groups (broad SMARTS) is 1. The van der Waals surface area contributed by atoms with E-state index < -0.39 is 11.9 Å². The van der Waals surface area contributed by atoms with Gasteiger partial charge in [0.1, 0.15) is 5.92 Å². The second-order valence-electron chi connectivity index (χ2n) is 4.59. The molecule has 0 fully saturated rings. The van der Waals surface area contributed by atoms with Gasteiger partial charge in [-0.2, -0.15) is 5.10 Å². The number of benzene rings is 1. The van der Waals surface area contributed by atoms with Crippen LogP contribution < -0.4 is 0 Å². The third kappa shape index (κ3) is 1.90. The predicted octanol–water partition coefficient (Wildman–Crippen LogP) is 2.40. The molecule has 2 aromatic rings. The summed E-state index contributed by atoms with van der Waals surface area (Å²) in [6.07, 6.45) is 0. The molecule has 90 valence electrons. The Balaban J connectivity index is 2.65. The third-order valence-corrected chi connectivity index (χ3v) is 3.01. The summed E-state index contributed by atoms with van der Waals surface area (Å²) in [6, 6.07) is 7.72. The van der Waals surface area contributed by atoms with E-state index in [2.05, 4.69) is 5.10 Å². The van der Waals surface area contributed by atoms with Crippen molar-refractivity contribution in [3.63, 3.8) is 0 Å². The number of carbonyl (C=O) groups is 1. The predicted molar refractivity (Wildman–Crippen MR) is 65.9 cm³/mol. The Morgan fingerprint density at radius 1 is 1.35 bits per heavy atom. The highest BCUT2D eigenvalue weighted by atomic mass is 16.4. The van der Waals surface area contributed by atoms with Crippen LogP contribution in [0.25, 0.3) is 10.9 Å². The molecule has 4 nitrogen and oxygen atoms in total. The van der Waals surface area contributed by atoms with Crippen molar-refractivity contribution in [2.24, 2.45) is 13.0 Å². The lowest BCUT2D eigenvalue weighted by molar-refractivity contribution is -0.139. The molecule has 0 amide bonds. The zero-order valence-corrected chi connectivity index (χ0v) is 10.2. The quantitative estimate of drug-likeness (QED) is 0.884. The second kappa shape index (κ2) is 4.20. The molecule has 17 heavy (non-hydrogen) atoms. The highest BCUT2D eigenvalue weighted by Crippen LogP contribution is 2.29. The van der Waals surface area contributed by atoms with E-state index in [1.54, 1.807) is 4.68 Å². The summed E-state index contributed by atoms with van der Waals surface area (Å²) in [5.74, 6) is -1.35. The van der Waals surface area contributed by atoms with Crippen LogP contribution in [0, 0.1) is 5.92 Å². The maximum absolute atomic E-state index is 11.3. The molecule has 0 saturated heterocycles. The summed E-state index contributed by atoms with van der Waals surface area (Å²) in [5, 5.41) is 14.6. The van der Waals surface area contributed by atoms with Crippen LogP contribution in [0.5, 0.6) is 0 Å². The molecule has 1 unspecified atom stereocenters. The fourth-order valence-electron chi connectivity index (χ4n) is 2.19. The van der Waals surface area contributed by atoms with Crippen molar-refractivity contribution in [1.29, 1.82) is 0 Å². The van der Waals surface area contributed by atoms with Gasteiger partial charge in [0.05, 0.1) is 11.2 Å². The Kier molecular flexibility index (Phi) is 2.88. The first kappa shape index (κ1) is 11.6. The zero-order chi connectivity index (χ0) is 12.6. The van der Waals surface area contributed by atoms with Gasteiger partial charge >= 0.3 is 5.97 Å². The zero-order valence-electron chi connectivity index (χ0n) is 10.2. The van der Waals surface area contributed by atoms with Gasteiger partial charge in [-0.1, -0.05) is 32.0 Å². The van der Waals surface area contributed by atoms with Gasteiger partial charge in [-0.05, 0) is 12.0 Å². The Morgan fingerprint density at radius 3 is 2.59 bits per heavy atom. The first-order chi connectivity index (χ1) is 8.02. The minimum Gasteiger partial charge on any atom is -0.481 e. The number of aliphatic carboxylic acids is 1. The van der Waals surface area contributed by atoms with Crippen molar-refractivity contribution in [3.8, 4) is 0 Å². The second-order valence-corrected chi connectivity index (χ2v) is 4.59. The van der Waals surface area contributed by atoms with E-state index in [1.165, 1.54) is 0 Å². The lowest BCUT2D eigenvalue weighted by Gasteiger charge is -2.13. The molecular formula is C13H16N2O2. The van der Waals surface area contributed by atoms with Crippen LogP contribution in [0.2, 0.25) is 0 Å². The van der Waals surface area contributed by atoms with Crippen LogP contribution in [-0.4, -0.2) is 20.9 Å². The lowest BCUT2D eigenvalue weighted by atomic mass is 9.91. The van der Waals surface area contributed by atoms with E-state index in [1.807, 2.05) is 45.2 Å². The van der Waals surface area contributed by atoms with Gasteiger partial charge in [0.15, 0.2) is 0 Å². The number of carboxylic acids is 1. The molecule has 0 aliphatic carbocycles. The number of fused-ring (bicyclic) bond motifs is 1. The van der Waals surface area contributed by atoms with Crippen molar-refractivity contribution < 1.29 is 9.90 Å². The van der Waals surface area contributed by atoms with Crippen molar-refractivity contribution >= 4 is 16.9 Å². The standard InChI is InChI=1S/C13H16N2O2/c1-8(2)11(13(16)17)12-9-6-4-5-7-10(9)15(3)14-12/h4-8,11H,1-3H3,(H,16,17). The number of rotatable bonds is 3. The summed E-state index contributed by atoms with van der Waals surface area (Å²) >= 11 is 0. The first-order valence-corrected chi connectivity index (χ1v) is 5.66. The maximum atomic E-state index is 11.3. The summed E-state index contributed by atoms with van der Waals surface area (Å²) < 4.78 is 1.74. The van der Waals surface area contributed by atoms with Crippen LogP contribution in [0.15, 0.2) is 24.3 Å². The van der Waals surface area contributed by atoms with Crippen LogP contribution in [0.4, 0.5) is 0 Å². The Morgan fingerprint density at radius 2 is 2.00 bits per heavy atom. The van der Waals surface area contributed by atoms with Crippen molar-refractivity contribution in [2.45, 2.75) is 19.8 Å².